The van der Waals surface area contributed by atoms with Crippen molar-refractivity contribution in [3.05, 3.63) is 93.6 Å². The number of rotatable bonds is 5. The lowest BCUT2D eigenvalue weighted by Gasteiger charge is -2.09. The minimum Gasteiger partial charge on any atom is -0.325 e. The van der Waals surface area contributed by atoms with Gasteiger partial charge in [-0.15, -0.1) is 0 Å². The van der Waals surface area contributed by atoms with Gasteiger partial charge in [-0.2, -0.15) is 5.10 Å². The van der Waals surface area contributed by atoms with Crippen LogP contribution in [0, 0.1) is 0 Å². The van der Waals surface area contributed by atoms with Crippen LogP contribution in [0.1, 0.15) is 40.3 Å². The number of hydrogen-bond donors (Lipinski definition) is 2. The van der Waals surface area contributed by atoms with Gasteiger partial charge in [-0.3, -0.25) is 9.89 Å². The third-order valence-corrected chi connectivity index (χ3v) is 7.24. The summed E-state index contributed by atoms with van der Waals surface area (Å²) in [4.78, 5) is 15.0. The number of nitrogens with one attached hydrogen (secondary N) is 2. The predicted molar refractivity (Wildman–Crippen MR) is 138 cm³/mol. The van der Waals surface area contributed by atoms with E-state index in [-0.39, 0.29) is 11.8 Å². The fourth-order valence-corrected chi connectivity index (χ4v) is 5.41. The molecule has 2 heterocycles. The number of halogens is 1. The first-order valence-corrected chi connectivity index (χ1v) is 11.8. The molecule has 4 aromatic rings. The lowest BCUT2D eigenvalue weighted by molar-refractivity contribution is -0.118. The van der Waals surface area contributed by atoms with Crippen LogP contribution in [-0.2, 0) is 16.8 Å². The van der Waals surface area contributed by atoms with Gasteiger partial charge in [0.25, 0.3) is 0 Å². The van der Waals surface area contributed by atoms with Crippen LogP contribution >= 0.6 is 11.6 Å². The highest BCUT2D eigenvalue weighted by molar-refractivity contribution is 6.31. The second kappa shape index (κ2) is 7.83. The number of fused-ring (bicyclic) bond motifs is 3. The van der Waals surface area contributed by atoms with Crippen molar-refractivity contribution in [2.45, 2.75) is 24.3 Å². The van der Waals surface area contributed by atoms with Gasteiger partial charge in [0.1, 0.15) is 0 Å². The number of nitrogens with zero attached hydrogens (tertiary/aromatic N) is 2. The molecule has 2 atom stereocenters. The molecule has 1 aliphatic heterocycles. The average molecular weight is 469 g/mol. The molecule has 0 saturated heterocycles. The van der Waals surface area contributed by atoms with Gasteiger partial charge in [-0.05, 0) is 73.1 Å². The lowest BCUT2D eigenvalue weighted by atomic mass is 9.92. The minimum absolute atomic E-state index is 0.0692. The molecule has 2 aliphatic rings. The number of H-pyrrole nitrogens is 1. The van der Waals surface area contributed by atoms with Gasteiger partial charge in [-0.25, -0.2) is 0 Å². The zero-order valence-electron chi connectivity index (χ0n) is 19.1. The summed E-state index contributed by atoms with van der Waals surface area (Å²) >= 11 is 6.24. The first kappa shape index (κ1) is 21.1. The van der Waals surface area contributed by atoms with E-state index >= 15 is 0 Å². The predicted octanol–water partition coefficient (Wildman–Crippen LogP) is 5.83. The van der Waals surface area contributed by atoms with Crippen molar-refractivity contribution < 1.29 is 4.79 Å². The molecule has 0 bridgehead atoms. The van der Waals surface area contributed by atoms with Crippen LogP contribution in [0.3, 0.4) is 0 Å². The van der Waals surface area contributed by atoms with E-state index in [1.807, 2.05) is 24.3 Å². The molecule has 0 unspecified atom stereocenters. The molecule has 1 spiro atoms. The fraction of sp³-hybridized carbons (Fsp3) is 0.214. The topological polar surface area (TPSA) is 61.0 Å². The number of anilines is 1. The highest BCUT2D eigenvalue weighted by Crippen LogP contribution is 2.65. The molecule has 6 rings (SSSR count). The van der Waals surface area contributed by atoms with Gasteiger partial charge in [0.05, 0.1) is 16.6 Å². The number of benzene rings is 3. The molecule has 170 valence electrons. The van der Waals surface area contributed by atoms with Crippen LogP contribution in [0.25, 0.3) is 23.1 Å². The molecule has 1 fully saturated rings. The quantitative estimate of drug-likeness (QED) is 0.387. The number of carbonyl (C=O) groups excluding carboxylic acids is 1. The summed E-state index contributed by atoms with van der Waals surface area (Å²) < 4.78 is 0. The molecular weight excluding hydrogens is 444 g/mol. The second-order valence-corrected chi connectivity index (χ2v) is 10.0. The van der Waals surface area contributed by atoms with Crippen LogP contribution in [0.15, 0.2) is 60.7 Å². The van der Waals surface area contributed by atoms with Crippen LogP contribution in [0.5, 0.6) is 0 Å². The molecule has 1 aliphatic carbocycles. The largest absolute Gasteiger partial charge is 0.325 e. The summed E-state index contributed by atoms with van der Waals surface area (Å²) in [7, 11) is 4.14. The maximum Gasteiger partial charge on any atom is 0.235 e. The van der Waals surface area contributed by atoms with Crippen molar-refractivity contribution >= 4 is 46.3 Å². The third kappa shape index (κ3) is 3.44. The summed E-state index contributed by atoms with van der Waals surface area (Å²) in [6, 6.07) is 20.6. The Labute approximate surface area is 203 Å². The number of aromatic nitrogens is 2. The van der Waals surface area contributed by atoms with E-state index in [0.29, 0.717) is 5.02 Å². The van der Waals surface area contributed by atoms with Crippen LogP contribution in [0.4, 0.5) is 5.69 Å². The molecule has 34 heavy (non-hydrogen) atoms. The van der Waals surface area contributed by atoms with E-state index in [4.69, 9.17) is 11.6 Å². The van der Waals surface area contributed by atoms with Crippen LogP contribution in [0.2, 0.25) is 5.02 Å². The zero-order chi connectivity index (χ0) is 23.4. The van der Waals surface area contributed by atoms with E-state index in [1.54, 1.807) is 0 Å². The van der Waals surface area contributed by atoms with Crippen molar-refractivity contribution in [2.75, 3.05) is 19.4 Å². The maximum atomic E-state index is 12.9. The Hall–Kier alpha value is -3.41. The van der Waals surface area contributed by atoms with Gasteiger partial charge in [0, 0.05) is 28.6 Å². The lowest BCUT2D eigenvalue weighted by Crippen LogP contribution is -2.20. The zero-order valence-corrected chi connectivity index (χ0v) is 19.9. The molecule has 1 amide bonds. The van der Waals surface area contributed by atoms with E-state index in [1.165, 1.54) is 5.56 Å². The highest BCUT2D eigenvalue weighted by Gasteiger charge is 2.65. The van der Waals surface area contributed by atoms with Gasteiger partial charge in [0.15, 0.2) is 0 Å². The number of amides is 1. The van der Waals surface area contributed by atoms with Crippen LogP contribution < -0.4 is 5.32 Å². The summed E-state index contributed by atoms with van der Waals surface area (Å²) in [5.41, 5.74) is 6.84. The van der Waals surface area contributed by atoms with Crippen LogP contribution in [-0.4, -0.2) is 35.1 Å². The highest BCUT2D eigenvalue weighted by atomic mass is 35.5. The van der Waals surface area contributed by atoms with Gasteiger partial charge >= 0.3 is 0 Å². The van der Waals surface area contributed by atoms with Crippen molar-refractivity contribution in [3.63, 3.8) is 0 Å². The van der Waals surface area contributed by atoms with Crippen molar-refractivity contribution in [1.82, 2.24) is 15.1 Å². The molecule has 6 heteroatoms. The number of aromatic amines is 1. The van der Waals surface area contributed by atoms with Gasteiger partial charge < -0.3 is 10.2 Å². The molecule has 1 aromatic heterocycles. The van der Waals surface area contributed by atoms with Crippen molar-refractivity contribution in [2.24, 2.45) is 0 Å². The molecular formula is C28H25ClN4O. The SMILES string of the molecule is CN(C)Cc1ccc(C=Cc2n[nH]c3cc([C@@H]4C[C@@]45C(=O)Nc4ccc(Cl)cc45)ccc23)cc1. The molecule has 0 radical (unpaired) electrons. The first-order chi connectivity index (χ1) is 16.4. The summed E-state index contributed by atoms with van der Waals surface area (Å²) in [5.74, 6) is 0.208. The Morgan fingerprint density at radius 3 is 2.71 bits per heavy atom. The average Bonchev–Trinajstić information content (AvgIpc) is 3.36. The Morgan fingerprint density at radius 2 is 1.91 bits per heavy atom. The van der Waals surface area contributed by atoms with E-state index in [2.05, 4.69) is 83.0 Å². The standard InChI is InChI=1S/C28H25ClN4O/c1-33(2)16-18-5-3-17(4-6-18)7-11-24-21-10-8-19(13-26(21)32-31-24)23-15-28(23)22-14-20(29)9-12-25(22)30-27(28)34/h3-14,23H,15-16H2,1-2H3,(H,30,34)(H,31,32)/t23-,28-/m0/s1. The van der Waals surface area contributed by atoms with Crippen molar-refractivity contribution in [1.29, 1.82) is 0 Å². The minimum atomic E-state index is -0.505. The molecule has 2 N–H and O–H groups in total. The first-order valence-electron chi connectivity index (χ1n) is 11.5. The number of carbonyl (C=O) groups is 1. The molecule has 1 saturated carbocycles. The van der Waals surface area contributed by atoms with E-state index in [9.17, 15) is 4.79 Å². The Bertz CT molecular complexity index is 1450. The Balaban J connectivity index is 1.25. The number of hydrogen-bond acceptors (Lipinski definition) is 3. The third-order valence-electron chi connectivity index (χ3n) is 7.01. The molecule has 3 aromatic carbocycles. The molecule has 5 nitrogen and oxygen atoms in total. The maximum absolute atomic E-state index is 12.9. The van der Waals surface area contributed by atoms with E-state index < -0.39 is 5.41 Å². The second-order valence-electron chi connectivity index (χ2n) is 9.60. The summed E-state index contributed by atoms with van der Waals surface area (Å²) in [6.45, 7) is 0.929. The fourth-order valence-electron chi connectivity index (χ4n) is 5.24. The summed E-state index contributed by atoms with van der Waals surface area (Å²) in [6.07, 6.45) is 4.92. The Morgan fingerprint density at radius 1 is 1.09 bits per heavy atom. The van der Waals surface area contributed by atoms with Crippen molar-refractivity contribution in [3.8, 4) is 0 Å². The van der Waals surface area contributed by atoms with Gasteiger partial charge in [-0.1, -0.05) is 54.1 Å². The van der Waals surface area contributed by atoms with Gasteiger partial charge in [0.2, 0.25) is 5.91 Å². The summed E-state index contributed by atoms with van der Waals surface area (Å²) in [5, 5.41) is 12.5. The smallest absolute Gasteiger partial charge is 0.235 e. The monoisotopic (exact) mass is 468 g/mol. The Kier molecular flexibility index (Phi) is 4.87. The normalized spacial score (nSPS) is 21.1. The van der Waals surface area contributed by atoms with E-state index in [0.717, 1.165) is 51.9 Å².